The minimum Gasteiger partial charge on any atom is -0.350 e. The maximum absolute atomic E-state index is 5.28. The van der Waals surface area contributed by atoms with Gasteiger partial charge in [0, 0.05) is 62.7 Å². The summed E-state index contributed by atoms with van der Waals surface area (Å²) in [4.78, 5) is 12.8. The van der Waals surface area contributed by atoms with Gasteiger partial charge in [-0.25, -0.2) is 9.97 Å². The van der Waals surface area contributed by atoms with Crippen LogP contribution in [0, 0.1) is 0 Å². The third-order valence-electron chi connectivity index (χ3n) is 15.8. The molecular weight excluding hydrogens is 957 g/mol. The molecule has 0 saturated carbocycles. The van der Waals surface area contributed by atoms with Crippen molar-refractivity contribution in [1.82, 2.24) is 19.3 Å². The molecule has 0 bridgehead atoms. The van der Waals surface area contributed by atoms with Crippen LogP contribution in [0.4, 0.5) is 0 Å². The third-order valence-corrected chi connectivity index (χ3v) is 15.8. The average Bonchev–Trinajstić information content (AvgIpc) is 4.01. The van der Waals surface area contributed by atoms with Crippen LogP contribution in [0.5, 0.6) is 0 Å². The Balaban J connectivity index is 1.02. The second-order valence-corrected chi connectivity index (χ2v) is 20.6. The van der Waals surface area contributed by atoms with Crippen molar-refractivity contribution in [2.24, 2.45) is 0 Å². The van der Waals surface area contributed by atoms with E-state index in [-0.39, 0.29) is 0 Å². The van der Waals surface area contributed by atoms with E-state index in [9.17, 15) is 0 Å². The van der Waals surface area contributed by atoms with Crippen LogP contribution < -0.4 is 0 Å². The molecule has 0 spiro atoms. The van der Waals surface area contributed by atoms with Gasteiger partial charge in [-0.1, -0.05) is 212 Å². The minimum atomic E-state index is 0.939. The zero-order chi connectivity index (χ0) is 52.4. The molecule has 0 atom stereocenters. The van der Waals surface area contributed by atoms with E-state index in [0.29, 0.717) is 0 Å². The van der Waals surface area contributed by atoms with E-state index in [1.54, 1.807) is 0 Å². The Morgan fingerprint density at radius 1 is 0.291 bits per heavy atom. The molecule has 1 aliphatic heterocycles. The van der Waals surface area contributed by atoms with Crippen LogP contribution in [0.3, 0.4) is 0 Å². The molecule has 79 heavy (non-hydrogen) atoms. The van der Waals surface area contributed by atoms with Gasteiger partial charge in [-0.05, 0) is 128 Å². The van der Waals surface area contributed by atoms with Crippen LogP contribution in [0.2, 0.25) is 0 Å². The van der Waals surface area contributed by atoms with Gasteiger partial charge < -0.3 is 9.30 Å². The summed E-state index contributed by atoms with van der Waals surface area (Å²) in [5, 5.41) is 7.21. The van der Waals surface area contributed by atoms with E-state index < -0.39 is 0 Å². The number of aromatic nitrogens is 3. The molecule has 0 N–H and O–H groups in total. The van der Waals surface area contributed by atoms with E-state index in [2.05, 4.69) is 302 Å². The fourth-order valence-corrected chi connectivity index (χ4v) is 12.0. The molecule has 370 valence electrons. The van der Waals surface area contributed by atoms with Crippen molar-refractivity contribution < 1.29 is 0 Å². The van der Waals surface area contributed by atoms with Gasteiger partial charge >= 0.3 is 0 Å². The SMILES string of the molecule is CN1C=C(c2ccccc2)C=C(c2cc3c4ccc(-c5cc(-c6ccccc6)nc(-c6ccccc6)c5)c5cccc(c54)n4c5ccc(-c6cc(-c7ccccc7)nc(-c7ccccc7)c6)cc5c(c2)c34)C=C1c1ccccc1. The fraction of sp³-hybridized carbons (Fsp3) is 0.0133. The largest absolute Gasteiger partial charge is 0.350 e. The maximum Gasteiger partial charge on any atom is 0.0715 e. The molecule has 4 heteroatoms. The number of rotatable bonds is 9. The second kappa shape index (κ2) is 19.0. The molecule has 5 heterocycles. The Hall–Kier alpha value is -10.4. The molecule has 4 nitrogen and oxygen atoms in total. The molecule has 4 aromatic heterocycles. The van der Waals surface area contributed by atoms with Crippen molar-refractivity contribution in [2.45, 2.75) is 0 Å². The number of hydrogen-bond acceptors (Lipinski definition) is 3. The predicted octanol–water partition coefficient (Wildman–Crippen LogP) is 19.2. The van der Waals surface area contributed by atoms with Gasteiger partial charge in [-0.3, -0.25) is 0 Å². The molecule has 0 unspecified atom stereocenters. The van der Waals surface area contributed by atoms with Gasteiger partial charge in [0.05, 0.1) is 39.3 Å². The molecule has 0 aliphatic carbocycles. The predicted molar refractivity (Wildman–Crippen MR) is 331 cm³/mol. The van der Waals surface area contributed by atoms with Crippen LogP contribution in [0.1, 0.15) is 16.7 Å². The monoisotopic (exact) mass is 1010 g/mol. The highest BCUT2D eigenvalue weighted by Gasteiger charge is 2.24. The maximum atomic E-state index is 5.28. The molecule has 10 aromatic carbocycles. The second-order valence-electron chi connectivity index (χ2n) is 20.6. The number of benzene rings is 10. The van der Waals surface area contributed by atoms with Crippen LogP contribution in [-0.4, -0.2) is 26.3 Å². The molecule has 14 aromatic rings. The minimum absolute atomic E-state index is 0.939. The first-order valence-electron chi connectivity index (χ1n) is 27.0. The van der Waals surface area contributed by atoms with Crippen LogP contribution in [0.15, 0.2) is 285 Å². The summed E-state index contributed by atoms with van der Waals surface area (Å²) in [6.07, 6.45) is 7.02. The lowest BCUT2D eigenvalue weighted by Gasteiger charge is -2.19. The lowest BCUT2D eigenvalue weighted by Crippen LogP contribution is -2.09. The van der Waals surface area contributed by atoms with Gasteiger partial charge in [-0.2, -0.15) is 0 Å². The summed E-state index contributed by atoms with van der Waals surface area (Å²) < 4.78 is 2.54. The highest BCUT2D eigenvalue weighted by atomic mass is 15.1. The highest BCUT2D eigenvalue weighted by Crippen LogP contribution is 2.47. The summed E-state index contributed by atoms with van der Waals surface area (Å²) in [6.45, 7) is 0. The topological polar surface area (TPSA) is 33.4 Å². The van der Waals surface area contributed by atoms with Crippen molar-refractivity contribution >= 4 is 65.7 Å². The summed E-state index contributed by atoms with van der Waals surface area (Å²) >= 11 is 0. The zero-order valence-corrected chi connectivity index (χ0v) is 43.4. The number of hydrogen-bond donors (Lipinski definition) is 0. The van der Waals surface area contributed by atoms with Crippen LogP contribution in [0.25, 0.3) is 133 Å². The summed E-state index contributed by atoms with van der Waals surface area (Å²) in [5.74, 6) is 0. The summed E-state index contributed by atoms with van der Waals surface area (Å²) in [7, 11) is 2.16. The highest BCUT2D eigenvalue weighted by molar-refractivity contribution is 6.29. The van der Waals surface area contributed by atoms with Gasteiger partial charge in [0.25, 0.3) is 0 Å². The smallest absolute Gasteiger partial charge is 0.0715 e. The van der Waals surface area contributed by atoms with Crippen molar-refractivity contribution in [3.63, 3.8) is 0 Å². The average molecular weight is 1010 g/mol. The van der Waals surface area contributed by atoms with Crippen molar-refractivity contribution in [2.75, 3.05) is 7.05 Å². The van der Waals surface area contributed by atoms with Gasteiger partial charge in [0.1, 0.15) is 0 Å². The van der Waals surface area contributed by atoms with E-state index in [0.717, 1.165) is 106 Å². The first-order valence-corrected chi connectivity index (χ1v) is 27.0. The number of pyridine rings is 3. The standard InChI is InChI=1S/C75H50N4/c1-78-48-60(49-21-8-2-9-22-49)39-56(47-73(78)54-31-18-7-19-32-54)57-41-65-63-37-36-61(59-45-69(52-27-14-5-15-28-52)77-70(46-59)53-29-16-6-17-30-53)62-33-20-34-72(74(62)63)79-71-38-35-55(40-64(71)66(42-57)75(65)79)58-43-67(50-23-10-3-11-24-50)76-68(44-58)51-25-12-4-13-26-51/h2-48H,1H3. The quantitative estimate of drug-likeness (QED) is 0.107. The zero-order valence-electron chi connectivity index (χ0n) is 43.4. The Bertz CT molecular complexity index is 4620. The molecule has 1 aliphatic rings. The van der Waals surface area contributed by atoms with E-state index in [1.807, 2.05) is 0 Å². The molecule has 15 rings (SSSR count). The van der Waals surface area contributed by atoms with E-state index >= 15 is 0 Å². The molecular formula is C75H50N4. The van der Waals surface area contributed by atoms with Crippen LogP contribution >= 0.6 is 0 Å². The molecule has 0 radical (unpaired) electrons. The van der Waals surface area contributed by atoms with E-state index in [1.165, 1.54) is 43.4 Å². The third kappa shape index (κ3) is 8.09. The van der Waals surface area contributed by atoms with Gasteiger partial charge in [0.2, 0.25) is 0 Å². The number of allylic oxidation sites excluding steroid dienone is 4. The Morgan fingerprint density at radius 3 is 1.32 bits per heavy atom. The lowest BCUT2D eigenvalue weighted by atomic mass is 9.90. The Labute approximate surface area is 458 Å². The lowest BCUT2D eigenvalue weighted by molar-refractivity contribution is 0.659. The first kappa shape index (κ1) is 45.9. The molecule has 0 fully saturated rings. The van der Waals surface area contributed by atoms with E-state index in [4.69, 9.17) is 9.97 Å². The fourth-order valence-electron chi connectivity index (χ4n) is 12.0. The van der Waals surface area contributed by atoms with Crippen molar-refractivity contribution in [3.05, 3.63) is 302 Å². The normalized spacial score (nSPS) is 12.8. The van der Waals surface area contributed by atoms with Crippen molar-refractivity contribution in [3.8, 4) is 67.3 Å². The Kier molecular flexibility index (Phi) is 11.0. The Morgan fingerprint density at radius 2 is 0.772 bits per heavy atom. The molecule has 0 amide bonds. The number of nitrogens with zero attached hydrogens (tertiary/aromatic N) is 4. The van der Waals surface area contributed by atoms with Gasteiger partial charge in [0.15, 0.2) is 0 Å². The van der Waals surface area contributed by atoms with Crippen molar-refractivity contribution in [1.29, 1.82) is 0 Å². The van der Waals surface area contributed by atoms with Crippen LogP contribution in [-0.2, 0) is 0 Å². The number of fused-ring (bicyclic) bond motifs is 5. The van der Waals surface area contributed by atoms with Gasteiger partial charge in [-0.15, -0.1) is 0 Å². The summed E-state index contributed by atoms with van der Waals surface area (Å²) in [6, 6.07) is 96.3. The first-order chi connectivity index (χ1) is 39.1. The molecule has 0 saturated heterocycles. The summed E-state index contributed by atoms with van der Waals surface area (Å²) in [5.41, 5.74) is 23.0.